The van der Waals surface area contributed by atoms with Crippen LogP contribution in [0.5, 0.6) is 0 Å². The number of nitrogens with two attached hydrogens (primary N) is 1. The Balaban J connectivity index is 2.47. The predicted octanol–water partition coefficient (Wildman–Crippen LogP) is 2.40. The number of aliphatic imine (C=N–C) groups is 1. The number of nitrogens with zero attached hydrogens (tertiary/aromatic N) is 2. The van der Waals surface area contributed by atoms with E-state index >= 15 is 0 Å². The summed E-state index contributed by atoms with van der Waals surface area (Å²) in [5.74, 6) is -0.991. The molecular weight excluding hydrogens is 290 g/mol. The number of aliphatic carboxylic acids is 1. The summed E-state index contributed by atoms with van der Waals surface area (Å²) >= 11 is 0. The molecule has 2 aromatic rings. The number of carboxylic acids is 1. The van der Waals surface area contributed by atoms with Crippen molar-refractivity contribution >= 4 is 28.7 Å². The molecule has 0 saturated carbocycles. The smallest absolute Gasteiger partial charge is 0.320 e. The summed E-state index contributed by atoms with van der Waals surface area (Å²) in [7, 11) is 3.66. The first-order valence-corrected chi connectivity index (χ1v) is 7.29. The van der Waals surface area contributed by atoms with Crippen molar-refractivity contribution in [3.63, 3.8) is 0 Å². The zero-order valence-electron chi connectivity index (χ0n) is 13.4. The Bertz CT molecular complexity index is 800. The molecule has 0 radical (unpaired) electrons. The molecule has 0 bridgehead atoms. The molecule has 5 heteroatoms. The van der Waals surface area contributed by atoms with Gasteiger partial charge in [0, 0.05) is 43.8 Å². The summed E-state index contributed by atoms with van der Waals surface area (Å²) in [6.45, 7) is 3.84. The van der Waals surface area contributed by atoms with E-state index in [1.165, 1.54) is 0 Å². The standard InChI is InChI=1S/C18H21N3O2/c1-4-12(7-8-20-2)13-5-6-15-14(9-16(19)18(22)23)11-21(3)17(15)10-13/h4-8,10-11,16H,1,9,19H2,2-3H3,(H,22,23)/b12-7+,20-8?. The quantitative estimate of drug-likeness (QED) is 0.635. The van der Waals surface area contributed by atoms with E-state index in [1.54, 1.807) is 19.3 Å². The number of aryl methyl sites for hydroxylation is 1. The number of fused-ring (bicyclic) bond motifs is 1. The summed E-state index contributed by atoms with van der Waals surface area (Å²) in [5.41, 5.74) is 9.62. The molecular formula is C18H21N3O2. The predicted molar refractivity (Wildman–Crippen MR) is 94.8 cm³/mol. The highest BCUT2D eigenvalue weighted by atomic mass is 16.4. The lowest BCUT2D eigenvalue weighted by molar-refractivity contribution is -0.138. The first-order chi connectivity index (χ1) is 11.0. The SMILES string of the molecule is C=C/C(=C\C=NC)c1ccc2c(CC(N)C(=O)O)cn(C)c2c1. The van der Waals surface area contributed by atoms with Crippen molar-refractivity contribution in [1.82, 2.24) is 4.57 Å². The summed E-state index contributed by atoms with van der Waals surface area (Å²) in [4.78, 5) is 14.9. The fourth-order valence-corrected chi connectivity index (χ4v) is 2.57. The summed E-state index contributed by atoms with van der Waals surface area (Å²) in [6.07, 6.45) is 7.65. The minimum absolute atomic E-state index is 0.304. The van der Waals surface area contributed by atoms with Gasteiger partial charge in [0.1, 0.15) is 6.04 Å². The van der Waals surface area contributed by atoms with E-state index in [0.29, 0.717) is 6.42 Å². The second-order valence-corrected chi connectivity index (χ2v) is 5.38. The number of benzene rings is 1. The molecule has 3 N–H and O–H groups in total. The number of rotatable bonds is 6. The van der Waals surface area contributed by atoms with Crippen LogP contribution in [0.15, 0.2) is 48.1 Å². The molecule has 1 aromatic carbocycles. The lowest BCUT2D eigenvalue weighted by Gasteiger charge is -2.06. The maximum Gasteiger partial charge on any atom is 0.320 e. The molecule has 0 spiro atoms. The molecule has 0 fully saturated rings. The van der Waals surface area contributed by atoms with Gasteiger partial charge in [0.15, 0.2) is 0 Å². The van der Waals surface area contributed by atoms with Crippen LogP contribution in [0.3, 0.4) is 0 Å². The zero-order chi connectivity index (χ0) is 17.0. The molecule has 1 aromatic heterocycles. The Morgan fingerprint density at radius 1 is 1.52 bits per heavy atom. The third-order valence-corrected chi connectivity index (χ3v) is 3.79. The van der Waals surface area contributed by atoms with Gasteiger partial charge in [0.2, 0.25) is 0 Å². The highest BCUT2D eigenvalue weighted by molar-refractivity contribution is 5.93. The fourth-order valence-electron chi connectivity index (χ4n) is 2.57. The maximum absolute atomic E-state index is 11.0. The van der Waals surface area contributed by atoms with Crippen molar-refractivity contribution in [1.29, 1.82) is 0 Å². The number of aromatic nitrogens is 1. The van der Waals surface area contributed by atoms with Gasteiger partial charge in [0.05, 0.1) is 0 Å². The zero-order valence-corrected chi connectivity index (χ0v) is 13.4. The number of hydrogen-bond acceptors (Lipinski definition) is 3. The van der Waals surface area contributed by atoms with E-state index in [4.69, 9.17) is 10.8 Å². The van der Waals surface area contributed by atoms with Crippen LogP contribution >= 0.6 is 0 Å². The number of hydrogen-bond donors (Lipinski definition) is 2. The van der Waals surface area contributed by atoms with Crippen molar-refractivity contribution in [2.24, 2.45) is 17.8 Å². The Kier molecular flexibility index (Phi) is 5.13. The van der Waals surface area contributed by atoms with Crippen LogP contribution in [-0.2, 0) is 18.3 Å². The third kappa shape index (κ3) is 3.57. The van der Waals surface area contributed by atoms with E-state index in [1.807, 2.05) is 36.0 Å². The van der Waals surface area contributed by atoms with Crippen LogP contribution in [0.25, 0.3) is 16.5 Å². The van der Waals surface area contributed by atoms with Crippen LogP contribution in [0.1, 0.15) is 11.1 Å². The van der Waals surface area contributed by atoms with Gasteiger partial charge in [-0.1, -0.05) is 24.8 Å². The number of allylic oxidation sites excluding steroid dienone is 3. The van der Waals surface area contributed by atoms with E-state index in [9.17, 15) is 4.79 Å². The fraction of sp³-hybridized carbons (Fsp3) is 0.222. The molecule has 5 nitrogen and oxygen atoms in total. The molecule has 0 amide bonds. The highest BCUT2D eigenvalue weighted by Gasteiger charge is 2.16. The highest BCUT2D eigenvalue weighted by Crippen LogP contribution is 2.26. The van der Waals surface area contributed by atoms with E-state index in [-0.39, 0.29) is 0 Å². The van der Waals surface area contributed by atoms with Gasteiger partial charge in [0.25, 0.3) is 0 Å². The number of carbonyl (C=O) groups is 1. The van der Waals surface area contributed by atoms with Gasteiger partial charge < -0.3 is 15.4 Å². The lowest BCUT2D eigenvalue weighted by atomic mass is 10.0. The molecule has 1 heterocycles. The first-order valence-electron chi connectivity index (χ1n) is 7.29. The molecule has 2 rings (SSSR count). The minimum atomic E-state index is -0.991. The van der Waals surface area contributed by atoms with Gasteiger partial charge >= 0.3 is 5.97 Å². The molecule has 23 heavy (non-hydrogen) atoms. The van der Waals surface area contributed by atoms with Crippen molar-refractivity contribution in [2.45, 2.75) is 12.5 Å². The average Bonchev–Trinajstić information content (AvgIpc) is 2.84. The van der Waals surface area contributed by atoms with Gasteiger partial charge in [-0.05, 0) is 28.8 Å². The van der Waals surface area contributed by atoms with E-state index in [0.717, 1.165) is 27.6 Å². The molecule has 0 saturated heterocycles. The van der Waals surface area contributed by atoms with Crippen LogP contribution < -0.4 is 5.73 Å². The van der Waals surface area contributed by atoms with Crippen LogP contribution in [-0.4, -0.2) is 34.9 Å². The molecule has 0 aliphatic carbocycles. The maximum atomic E-state index is 11.0. The minimum Gasteiger partial charge on any atom is -0.480 e. The monoisotopic (exact) mass is 311 g/mol. The largest absolute Gasteiger partial charge is 0.480 e. The Labute approximate surface area is 135 Å². The molecule has 120 valence electrons. The van der Waals surface area contributed by atoms with Gasteiger partial charge in [-0.3, -0.25) is 9.79 Å². The third-order valence-electron chi connectivity index (χ3n) is 3.79. The average molecular weight is 311 g/mol. The number of carboxylic acid groups (broad SMARTS) is 1. The Hall–Kier alpha value is -2.66. The van der Waals surface area contributed by atoms with Gasteiger partial charge in [-0.15, -0.1) is 0 Å². The van der Waals surface area contributed by atoms with Crippen LogP contribution in [0.2, 0.25) is 0 Å². The van der Waals surface area contributed by atoms with E-state index < -0.39 is 12.0 Å². The van der Waals surface area contributed by atoms with Crippen molar-refractivity contribution < 1.29 is 9.90 Å². The molecule has 1 unspecified atom stereocenters. The first kappa shape index (κ1) is 16.7. The summed E-state index contributed by atoms with van der Waals surface area (Å²) < 4.78 is 1.98. The molecule has 1 atom stereocenters. The van der Waals surface area contributed by atoms with E-state index in [2.05, 4.69) is 17.6 Å². The molecule has 0 aliphatic rings. The van der Waals surface area contributed by atoms with Gasteiger partial charge in [-0.25, -0.2) is 0 Å². The second-order valence-electron chi connectivity index (χ2n) is 5.38. The topological polar surface area (TPSA) is 80.6 Å². The van der Waals surface area contributed by atoms with Gasteiger partial charge in [-0.2, -0.15) is 0 Å². The Morgan fingerprint density at radius 2 is 2.26 bits per heavy atom. The Morgan fingerprint density at radius 3 is 2.87 bits per heavy atom. The van der Waals surface area contributed by atoms with Crippen molar-refractivity contribution in [3.8, 4) is 0 Å². The second kappa shape index (κ2) is 7.07. The normalized spacial score (nSPS) is 13.6. The lowest BCUT2D eigenvalue weighted by Crippen LogP contribution is -2.32. The van der Waals surface area contributed by atoms with Crippen molar-refractivity contribution in [2.75, 3.05) is 7.05 Å². The summed E-state index contributed by atoms with van der Waals surface area (Å²) in [5, 5.41) is 10.0. The van der Waals surface area contributed by atoms with Crippen molar-refractivity contribution in [3.05, 3.63) is 54.3 Å². The summed E-state index contributed by atoms with van der Waals surface area (Å²) in [6, 6.07) is 5.15. The van der Waals surface area contributed by atoms with Crippen LogP contribution in [0.4, 0.5) is 0 Å². The van der Waals surface area contributed by atoms with Crippen LogP contribution in [0, 0.1) is 0 Å². The molecule has 0 aliphatic heterocycles.